The highest BCUT2D eigenvalue weighted by molar-refractivity contribution is 7.14. The molecule has 0 unspecified atom stereocenters. The molecular formula is C16H15F3N6OS. The number of carbonyl (C=O) groups is 1. The van der Waals surface area contributed by atoms with Crippen molar-refractivity contribution in [1.29, 1.82) is 0 Å². The summed E-state index contributed by atoms with van der Waals surface area (Å²) in [4.78, 5) is 12.1. The van der Waals surface area contributed by atoms with Gasteiger partial charge in [0.25, 0.3) is 5.91 Å². The number of rotatable bonds is 6. The first-order valence-electron chi connectivity index (χ1n) is 7.96. The molecule has 142 valence electrons. The zero-order valence-electron chi connectivity index (χ0n) is 14.1. The second-order valence-electron chi connectivity index (χ2n) is 5.80. The first-order valence-corrected chi connectivity index (χ1v) is 8.78. The monoisotopic (exact) mass is 396 g/mol. The van der Waals surface area contributed by atoms with Gasteiger partial charge in [-0.3, -0.25) is 4.79 Å². The molecular weight excluding hydrogens is 381 g/mol. The standard InChI is InChI=1S/C16H15F3N6OS/c1-10(7-16(17,18)19)25-9-12(21-24-25)14(26)20-8-13-22-23-15(27-13)11-5-3-2-4-6-11/h2-6,9-10H,7-8H2,1H3,(H,20,26)/t10-/m1/s1. The lowest BCUT2D eigenvalue weighted by molar-refractivity contribution is -0.142. The van der Waals surface area contributed by atoms with E-state index in [-0.39, 0.29) is 12.2 Å². The highest BCUT2D eigenvalue weighted by Crippen LogP contribution is 2.27. The summed E-state index contributed by atoms with van der Waals surface area (Å²) < 4.78 is 38.3. The van der Waals surface area contributed by atoms with E-state index in [0.29, 0.717) is 5.01 Å². The van der Waals surface area contributed by atoms with Crippen molar-refractivity contribution in [3.63, 3.8) is 0 Å². The first kappa shape index (κ1) is 19.0. The van der Waals surface area contributed by atoms with Crippen LogP contribution in [0.4, 0.5) is 13.2 Å². The number of hydrogen-bond donors (Lipinski definition) is 1. The molecule has 0 fully saturated rings. The van der Waals surface area contributed by atoms with E-state index in [9.17, 15) is 18.0 Å². The lowest BCUT2D eigenvalue weighted by Crippen LogP contribution is -2.23. The number of benzene rings is 1. The van der Waals surface area contributed by atoms with E-state index < -0.39 is 24.5 Å². The van der Waals surface area contributed by atoms with Crippen LogP contribution in [0.15, 0.2) is 36.5 Å². The Morgan fingerprint density at radius 3 is 2.67 bits per heavy atom. The van der Waals surface area contributed by atoms with Crippen LogP contribution >= 0.6 is 11.3 Å². The van der Waals surface area contributed by atoms with Crippen molar-refractivity contribution < 1.29 is 18.0 Å². The maximum absolute atomic E-state index is 12.4. The number of nitrogens with zero attached hydrogens (tertiary/aromatic N) is 5. The molecule has 0 aliphatic heterocycles. The summed E-state index contributed by atoms with van der Waals surface area (Å²) >= 11 is 1.34. The van der Waals surface area contributed by atoms with Crippen molar-refractivity contribution >= 4 is 17.2 Å². The molecule has 2 heterocycles. The third-order valence-electron chi connectivity index (χ3n) is 3.61. The average Bonchev–Trinajstić information content (AvgIpc) is 3.29. The maximum atomic E-state index is 12.4. The molecule has 1 amide bonds. The van der Waals surface area contributed by atoms with Crippen molar-refractivity contribution in [2.45, 2.75) is 32.1 Å². The normalized spacial score (nSPS) is 12.7. The Bertz CT molecular complexity index is 908. The average molecular weight is 396 g/mol. The van der Waals surface area contributed by atoms with Crippen molar-refractivity contribution in [3.8, 4) is 10.6 Å². The smallest absolute Gasteiger partial charge is 0.344 e. The largest absolute Gasteiger partial charge is 0.391 e. The van der Waals surface area contributed by atoms with Gasteiger partial charge in [0.05, 0.1) is 25.2 Å². The summed E-state index contributed by atoms with van der Waals surface area (Å²) in [5.74, 6) is -0.545. The fourth-order valence-electron chi connectivity index (χ4n) is 2.29. The molecule has 0 bridgehead atoms. The van der Waals surface area contributed by atoms with Gasteiger partial charge in [-0.2, -0.15) is 13.2 Å². The summed E-state index contributed by atoms with van der Waals surface area (Å²) in [6, 6.07) is 8.54. The van der Waals surface area contributed by atoms with E-state index in [1.165, 1.54) is 24.5 Å². The topological polar surface area (TPSA) is 85.6 Å². The summed E-state index contributed by atoms with van der Waals surface area (Å²) in [6.07, 6.45) is -4.17. The van der Waals surface area contributed by atoms with Crippen LogP contribution in [0.3, 0.4) is 0 Å². The minimum Gasteiger partial charge on any atom is -0.344 e. The molecule has 7 nitrogen and oxygen atoms in total. The lowest BCUT2D eigenvalue weighted by Gasteiger charge is -2.13. The van der Waals surface area contributed by atoms with Gasteiger partial charge in [0.2, 0.25) is 0 Å². The van der Waals surface area contributed by atoms with Gasteiger partial charge in [-0.15, -0.1) is 15.3 Å². The van der Waals surface area contributed by atoms with Crippen molar-refractivity contribution in [2.75, 3.05) is 0 Å². The zero-order chi connectivity index (χ0) is 19.4. The van der Waals surface area contributed by atoms with E-state index in [4.69, 9.17) is 0 Å². The van der Waals surface area contributed by atoms with Gasteiger partial charge in [-0.1, -0.05) is 46.9 Å². The van der Waals surface area contributed by atoms with Crippen molar-refractivity contribution in [2.24, 2.45) is 0 Å². The number of carbonyl (C=O) groups excluding carboxylic acids is 1. The molecule has 3 aromatic rings. The van der Waals surface area contributed by atoms with E-state index >= 15 is 0 Å². The number of halogens is 3. The van der Waals surface area contributed by atoms with Crippen molar-refractivity contribution in [1.82, 2.24) is 30.5 Å². The first-order chi connectivity index (χ1) is 12.8. The molecule has 1 N–H and O–H groups in total. The summed E-state index contributed by atoms with van der Waals surface area (Å²) in [5, 5.41) is 19.3. The molecule has 1 aromatic carbocycles. The summed E-state index contributed by atoms with van der Waals surface area (Å²) in [7, 11) is 0. The van der Waals surface area contributed by atoms with Gasteiger partial charge in [0.1, 0.15) is 10.0 Å². The Kier molecular flexibility index (Phi) is 5.49. The molecule has 2 aromatic heterocycles. The Morgan fingerprint density at radius 1 is 1.22 bits per heavy atom. The fraction of sp³-hybridized carbons (Fsp3) is 0.312. The highest BCUT2D eigenvalue weighted by atomic mass is 32.1. The van der Waals surface area contributed by atoms with Crippen LogP contribution in [0.5, 0.6) is 0 Å². The van der Waals surface area contributed by atoms with Crippen LogP contribution < -0.4 is 5.32 Å². The van der Waals surface area contributed by atoms with Crippen LogP contribution in [0.1, 0.15) is 34.9 Å². The predicted octanol–water partition coefficient (Wildman–Crippen LogP) is 3.24. The molecule has 0 aliphatic rings. The number of alkyl halides is 3. The van der Waals surface area contributed by atoms with E-state index in [1.807, 2.05) is 30.3 Å². The van der Waals surface area contributed by atoms with E-state index in [0.717, 1.165) is 15.3 Å². The van der Waals surface area contributed by atoms with Crippen LogP contribution in [0.2, 0.25) is 0 Å². The maximum Gasteiger partial charge on any atom is 0.391 e. The predicted molar refractivity (Wildman–Crippen MR) is 91.9 cm³/mol. The fourth-order valence-corrected chi connectivity index (χ4v) is 3.08. The van der Waals surface area contributed by atoms with Crippen LogP contribution in [-0.2, 0) is 6.54 Å². The quantitative estimate of drug-likeness (QED) is 0.691. The Hall–Kier alpha value is -2.82. The van der Waals surface area contributed by atoms with Gasteiger partial charge in [-0.25, -0.2) is 4.68 Å². The van der Waals surface area contributed by atoms with Gasteiger partial charge in [-0.05, 0) is 6.92 Å². The number of nitrogens with one attached hydrogen (secondary N) is 1. The minimum atomic E-state index is -4.32. The third-order valence-corrected chi connectivity index (χ3v) is 4.58. The lowest BCUT2D eigenvalue weighted by atomic mass is 10.2. The molecule has 0 aliphatic carbocycles. The SMILES string of the molecule is C[C@H](CC(F)(F)F)n1cc(C(=O)NCc2nnc(-c3ccccc3)s2)nn1. The molecule has 27 heavy (non-hydrogen) atoms. The van der Waals surface area contributed by atoms with E-state index in [1.54, 1.807) is 0 Å². The second-order valence-corrected chi connectivity index (χ2v) is 6.86. The van der Waals surface area contributed by atoms with Gasteiger partial charge < -0.3 is 5.32 Å². The zero-order valence-corrected chi connectivity index (χ0v) is 15.0. The molecule has 0 saturated heterocycles. The van der Waals surface area contributed by atoms with E-state index in [2.05, 4.69) is 25.8 Å². The Labute approximate surface area is 156 Å². The number of aromatic nitrogens is 5. The molecule has 0 radical (unpaired) electrons. The molecule has 3 rings (SSSR count). The minimum absolute atomic E-state index is 0.0585. The summed E-state index contributed by atoms with van der Waals surface area (Å²) in [6.45, 7) is 1.49. The van der Waals surface area contributed by atoms with Gasteiger partial charge in [0.15, 0.2) is 5.69 Å². The highest BCUT2D eigenvalue weighted by Gasteiger charge is 2.31. The number of amides is 1. The van der Waals surface area contributed by atoms with Crippen LogP contribution in [0.25, 0.3) is 10.6 Å². The molecule has 0 saturated carbocycles. The number of hydrogen-bond acceptors (Lipinski definition) is 6. The van der Waals surface area contributed by atoms with Crippen molar-refractivity contribution in [3.05, 3.63) is 47.2 Å². The third kappa shape index (κ3) is 5.09. The molecule has 0 spiro atoms. The Balaban J connectivity index is 1.58. The second kappa shape index (κ2) is 7.82. The van der Waals surface area contributed by atoms with Gasteiger partial charge >= 0.3 is 6.18 Å². The molecule has 11 heteroatoms. The summed E-state index contributed by atoms with van der Waals surface area (Å²) in [5.41, 5.74) is 0.867. The Morgan fingerprint density at radius 2 is 1.96 bits per heavy atom. The van der Waals surface area contributed by atoms with Crippen LogP contribution in [0, 0.1) is 0 Å². The van der Waals surface area contributed by atoms with Crippen LogP contribution in [-0.4, -0.2) is 37.3 Å². The molecule has 1 atom stereocenters. The van der Waals surface area contributed by atoms with Gasteiger partial charge in [0, 0.05) is 5.56 Å².